The van der Waals surface area contributed by atoms with Gasteiger partial charge in [-0.3, -0.25) is 0 Å². The molecular weight excluding hydrogens is 186 g/mol. The van der Waals surface area contributed by atoms with E-state index in [4.69, 9.17) is 23.2 Å². The van der Waals surface area contributed by atoms with E-state index in [1.807, 2.05) is 0 Å². The van der Waals surface area contributed by atoms with E-state index in [9.17, 15) is 4.39 Å². The number of halogens is 3. The zero-order valence-corrected chi connectivity index (χ0v) is 7.51. The van der Waals surface area contributed by atoms with Crippen LogP contribution in [0.4, 0.5) is 4.39 Å². The fourth-order valence-corrected chi connectivity index (χ4v) is 1.31. The second kappa shape index (κ2) is 3.42. The minimum Gasteiger partial charge on any atom is -0.246 e. The monoisotopic (exact) mass is 192 g/mol. The van der Waals surface area contributed by atoms with Gasteiger partial charge in [0.25, 0.3) is 0 Å². The summed E-state index contributed by atoms with van der Waals surface area (Å²) in [4.78, 5) is 0. The van der Waals surface area contributed by atoms with E-state index in [0.717, 1.165) is 5.56 Å². The van der Waals surface area contributed by atoms with Crippen LogP contribution in [0.5, 0.6) is 0 Å². The van der Waals surface area contributed by atoms with Gasteiger partial charge in [-0.05, 0) is 30.2 Å². The molecule has 0 spiro atoms. The lowest BCUT2D eigenvalue weighted by atomic mass is 10.2. The van der Waals surface area contributed by atoms with Crippen LogP contribution in [0.1, 0.15) is 11.1 Å². The van der Waals surface area contributed by atoms with Crippen molar-refractivity contribution in [3.63, 3.8) is 0 Å². The molecule has 0 fully saturated rings. The smallest absolute Gasteiger partial charge is 0.115 e. The van der Waals surface area contributed by atoms with Gasteiger partial charge in [0, 0.05) is 10.0 Å². The van der Waals surface area contributed by atoms with E-state index in [0.29, 0.717) is 15.6 Å². The molecule has 1 aromatic carbocycles. The summed E-state index contributed by atoms with van der Waals surface area (Å²) in [6.07, 6.45) is 0. The van der Waals surface area contributed by atoms with Gasteiger partial charge in [-0.1, -0.05) is 23.2 Å². The molecule has 0 amide bonds. The number of alkyl halides is 1. The Morgan fingerprint density at radius 2 is 1.73 bits per heavy atom. The van der Waals surface area contributed by atoms with Crippen LogP contribution >= 0.6 is 23.2 Å². The van der Waals surface area contributed by atoms with Crippen molar-refractivity contribution >= 4 is 23.2 Å². The van der Waals surface area contributed by atoms with Gasteiger partial charge in [-0.25, -0.2) is 4.39 Å². The lowest BCUT2D eigenvalue weighted by Gasteiger charge is -2.02. The van der Waals surface area contributed by atoms with Crippen molar-refractivity contribution in [2.75, 3.05) is 0 Å². The Morgan fingerprint density at radius 3 is 2.09 bits per heavy atom. The quantitative estimate of drug-likeness (QED) is 0.636. The topological polar surface area (TPSA) is 0 Å². The zero-order chi connectivity index (χ0) is 8.43. The second-order valence-corrected chi connectivity index (χ2v) is 3.13. The molecule has 0 aliphatic rings. The molecule has 0 heterocycles. The van der Waals surface area contributed by atoms with Crippen LogP contribution in [0.15, 0.2) is 12.1 Å². The predicted octanol–water partition coefficient (Wildman–Crippen LogP) is 3.77. The van der Waals surface area contributed by atoms with E-state index in [1.165, 1.54) is 0 Å². The highest BCUT2D eigenvalue weighted by molar-refractivity contribution is 6.36. The minimum absolute atomic E-state index is 0.519. The Bertz CT molecular complexity index is 248. The number of rotatable bonds is 1. The maximum Gasteiger partial charge on any atom is 0.115 e. The summed E-state index contributed by atoms with van der Waals surface area (Å²) < 4.78 is 12.1. The lowest BCUT2D eigenvalue weighted by Crippen LogP contribution is -1.83. The van der Waals surface area contributed by atoms with Crippen LogP contribution in [0.2, 0.25) is 10.0 Å². The van der Waals surface area contributed by atoms with Crippen LogP contribution in [0.3, 0.4) is 0 Å². The summed E-state index contributed by atoms with van der Waals surface area (Å²) in [6.45, 7) is 1.27. The van der Waals surface area contributed by atoms with Gasteiger partial charge in [0.15, 0.2) is 0 Å². The van der Waals surface area contributed by atoms with Gasteiger partial charge in [-0.2, -0.15) is 0 Å². The first-order chi connectivity index (χ1) is 5.15. The maximum atomic E-state index is 12.1. The molecule has 0 bridgehead atoms. The summed E-state index contributed by atoms with van der Waals surface area (Å²) in [5.74, 6) is 0. The molecule has 0 N–H and O–H groups in total. The van der Waals surface area contributed by atoms with Crippen molar-refractivity contribution < 1.29 is 4.39 Å². The van der Waals surface area contributed by atoms with E-state index in [-0.39, 0.29) is 0 Å². The van der Waals surface area contributed by atoms with E-state index < -0.39 is 6.67 Å². The Balaban J connectivity index is 3.21. The van der Waals surface area contributed by atoms with Crippen molar-refractivity contribution in [1.29, 1.82) is 0 Å². The van der Waals surface area contributed by atoms with Crippen molar-refractivity contribution in [3.8, 4) is 0 Å². The van der Waals surface area contributed by atoms with Crippen LogP contribution in [0, 0.1) is 6.92 Å². The zero-order valence-electron chi connectivity index (χ0n) is 6.00. The maximum absolute atomic E-state index is 12.1. The SMILES string of the molecule is Cc1c(Cl)cc(CF)cc1Cl. The Labute approximate surface area is 74.9 Å². The number of hydrogen-bond donors (Lipinski definition) is 0. The van der Waals surface area contributed by atoms with E-state index in [1.54, 1.807) is 19.1 Å². The van der Waals surface area contributed by atoms with Gasteiger partial charge in [0.1, 0.15) is 6.67 Å². The molecule has 3 heteroatoms. The highest BCUT2D eigenvalue weighted by Crippen LogP contribution is 2.25. The molecule has 0 aromatic heterocycles. The average Bonchev–Trinajstić information content (AvgIpc) is 1.99. The third-order valence-corrected chi connectivity index (χ3v) is 2.28. The molecule has 11 heavy (non-hydrogen) atoms. The molecule has 1 rings (SSSR count). The van der Waals surface area contributed by atoms with Gasteiger partial charge in [0.2, 0.25) is 0 Å². The third kappa shape index (κ3) is 1.85. The molecule has 0 radical (unpaired) electrons. The first kappa shape index (κ1) is 8.82. The molecular formula is C8H7Cl2F. The fraction of sp³-hybridized carbons (Fsp3) is 0.250. The Morgan fingerprint density at radius 1 is 1.27 bits per heavy atom. The van der Waals surface area contributed by atoms with Gasteiger partial charge in [-0.15, -0.1) is 0 Å². The van der Waals surface area contributed by atoms with Gasteiger partial charge < -0.3 is 0 Å². The molecule has 0 aliphatic heterocycles. The Kier molecular flexibility index (Phi) is 2.74. The van der Waals surface area contributed by atoms with E-state index >= 15 is 0 Å². The summed E-state index contributed by atoms with van der Waals surface area (Å²) >= 11 is 11.5. The predicted molar refractivity (Wildman–Crippen MR) is 46.0 cm³/mol. The highest BCUT2D eigenvalue weighted by Gasteiger charge is 2.02. The van der Waals surface area contributed by atoms with Crippen LogP contribution in [-0.4, -0.2) is 0 Å². The van der Waals surface area contributed by atoms with Crippen molar-refractivity contribution in [2.24, 2.45) is 0 Å². The first-order valence-corrected chi connectivity index (χ1v) is 3.91. The Hall–Kier alpha value is -0.270. The summed E-state index contributed by atoms with van der Waals surface area (Å²) in [5, 5.41) is 1.04. The summed E-state index contributed by atoms with van der Waals surface area (Å²) in [5.41, 5.74) is 1.32. The molecule has 1 aromatic rings. The number of hydrogen-bond acceptors (Lipinski definition) is 0. The third-order valence-electron chi connectivity index (χ3n) is 1.50. The van der Waals surface area contributed by atoms with Crippen molar-refractivity contribution in [2.45, 2.75) is 13.6 Å². The van der Waals surface area contributed by atoms with Crippen LogP contribution in [-0.2, 0) is 6.67 Å². The molecule has 0 saturated heterocycles. The van der Waals surface area contributed by atoms with E-state index in [2.05, 4.69) is 0 Å². The number of benzene rings is 1. The summed E-state index contributed by atoms with van der Waals surface area (Å²) in [7, 11) is 0. The lowest BCUT2D eigenvalue weighted by molar-refractivity contribution is 0.485. The second-order valence-electron chi connectivity index (χ2n) is 2.32. The molecule has 0 saturated carbocycles. The minimum atomic E-state index is -0.528. The molecule has 0 aliphatic carbocycles. The summed E-state index contributed by atoms with van der Waals surface area (Å²) in [6, 6.07) is 3.17. The molecule has 0 unspecified atom stereocenters. The van der Waals surface area contributed by atoms with Crippen molar-refractivity contribution in [1.82, 2.24) is 0 Å². The highest BCUT2D eigenvalue weighted by atomic mass is 35.5. The molecule has 0 atom stereocenters. The van der Waals surface area contributed by atoms with Gasteiger partial charge >= 0.3 is 0 Å². The standard InChI is InChI=1S/C8H7Cl2F/c1-5-7(9)2-6(4-11)3-8(5)10/h2-3H,4H2,1H3. The van der Waals surface area contributed by atoms with Crippen LogP contribution in [0.25, 0.3) is 0 Å². The first-order valence-electron chi connectivity index (χ1n) is 3.15. The fourth-order valence-electron chi connectivity index (χ4n) is 0.775. The van der Waals surface area contributed by atoms with Gasteiger partial charge in [0.05, 0.1) is 0 Å². The molecule has 0 nitrogen and oxygen atoms in total. The average molecular weight is 193 g/mol. The largest absolute Gasteiger partial charge is 0.246 e. The normalized spacial score (nSPS) is 10.2. The van der Waals surface area contributed by atoms with Crippen LogP contribution < -0.4 is 0 Å². The van der Waals surface area contributed by atoms with Crippen molar-refractivity contribution in [3.05, 3.63) is 33.3 Å². The molecule has 60 valence electrons.